The number of hydrogen-bond donors (Lipinski definition) is 2. The molecule has 9 heteroatoms. The molecule has 2 fully saturated rings. The second-order valence-electron chi connectivity index (χ2n) is 8.03. The van der Waals surface area contributed by atoms with Crippen LogP contribution in [0.5, 0.6) is 5.75 Å². The average Bonchev–Trinajstić information content (AvgIpc) is 3.68. The number of carbonyl (C=O) groups is 1. The summed E-state index contributed by atoms with van der Waals surface area (Å²) in [4.78, 5) is 25.0. The summed E-state index contributed by atoms with van der Waals surface area (Å²) in [5.74, 6) is -2.54. The van der Waals surface area contributed by atoms with Gasteiger partial charge in [0.1, 0.15) is 35.0 Å². The lowest BCUT2D eigenvalue weighted by Crippen LogP contribution is -2.11. The number of hydrogen-bond acceptors (Lipinski definition) is 6. The first-order valence-electron chi connectivity index (χ1n) is 10.4. The first kappa shape index (κ1) is 20.3. The van der Waals surface area contributed by atoms with Crippen molar-refractivity contribution in [1.29, 1.82) is 0 Å². The highest BCUT2D eigenvalue weighted by Gasteiger charge is 2.35. The van der Waals surface area contributed by atoms with E-state index in [2.05, 4.69) is 20.3 Å². The normalized spacial score (nSPS) is 15.5. The lowest BCUT2D eigenvalue weighted by molar-refractivity contribution is 0.0697. The third-order valence-electron chi connectivity index (χ3n) is 5.72. The molecule has 2 saturated carbocycles. The van der Waals surface area contributed by atoms with Crippen LogP contribution in [0.15, 0.2) is 30.6 Å². The Morgan fingerprint density at radius 3 is 2.31 bits per heavy atom. The SMILES string of the molecule is COc1cccc(F)c1-c1nc(Nc2c(C3CC3)ncnc2C2CC2)c(C(=O)O)cc1F. The van der Waals surface area contributed by atoms with E-state index in [0.29, 0.717) is 5.69 Å². The minimum atomic E-state index is -1.36. The van der Waals surface area contributed by atoms with Gasteiger partial charge in [0.2, 0.25) is 0 Å². The van der Waals surface area contributed by atoms with E-state index >= 15 is 0 Å². The van der Waals surface area contributed by atoms with Crippen LogP contribution < -0.4 is 10.1 Å². The molecule has 5 rings (SSSR count). The molecule has 32 heavy (non-hydrogen) atoms. The van der Waals surface area contributed by atoms with Crippen molar-refractivity contribution in [3.63, 3.8) is 0 Å². The summed E-state index contributed by atoms with van der Waals surface area (Å²) >= 11 is 0. The number of aromatic nitrogens is 3. The first-order valence-corrected chi connectivity index (χ1v) is 10.4. The molecule has 0 atom stereocenters. The van der Waals surface area contributed by atoms with Gasteiger partial charge in [-0.15, -0.1) is 0 Å². The largest absolute Gasteiger partial charge is 0.496 e. The molecular weight excluding hydrogens is 418 g/mol. The molecule has 0 amide bonds. The van der Waals surface area contributed by atoms with Crippen molar-refractivity contribution < 1.29 is 23.4 Å². The molecule has 0 unspecified atom stereocenters. The maximum absolute atomic E-state index is 14.9. The van der Waals surface area contributed by atoms with Crippen LogP contribution in [0.4, 0.5) is 20.3 Å². The predicted molar refractivity (Wildman–Crippen MR) is 112 cm³/mol. The Balaban J connectivity index is 1.67. The summed E-state index contributed by atoms with van der Waals surface area (Å²) < 4.78 is 34.8. The van der Waals surface area contributed by atoms with Gasteiger partial charge in [0.05, 0.1) is 29.7 Å². The summed E-state index contributed by atoms with van der Waals surface area (Å²) in [6.07, 6.45) is 5.46. The van der Waals surface area contributed by atoms with E-state index in [0.717, 1.165) is 43.1 Å². The highest BCUT2D eigenvalue weighted by atomic mass is 19.1. The van der Waals surface area contributed by atoms with Gasteiger partial charge in [-0.25, -0.2) is 28.5 Å². The minimum Gasteiger partial charge on any atom is -0.496 e. The van der Waals surface area contributed by atoms with Gasteiger partial charge in [0, 0.05) is 11.8 Å². The molecule has 2 heterocycles. The van der Waals surface area contributed by atoms with Crippen molar-refractivity contribution in [1.82, 2.24) is 15.0 Å². The molecule has 7 nitrogen and oxygen atoms in total. The number of carboxylic acid groups (broad SMARTS) is 1. The van der Waals surface area contributed by atoms with Gasteiger partial charge in [0.15, 0.2) is 5.82 Å². The van der Waals surface area contributed by atoms with E-state index in [1.54, 1.807) is 0 Å². The van der Waals surface area contributed by atoms with Crippen molar-refractivity contribution >= 4 is 17.5 Å². The number of rotatable bonds is 7. The van der Waals surface area contributed by atoms with E-state index in [1.807, 2.05) is 0 Å². The van der Waals surface area contributed by atoms with Gasteiger partial charge in [-0.1, -0.05) is 6.07 Å². The topological polar surface area (TPSA) is 97.2 Å². The summed E-state index contributed by atoms with van der Waals surface area (Å²) in [5, 5.41) is 12.8. The number of ether oxygens (including phenoxy) is 1. The van der Waals surface area contributed by atoms with Crippen LogP contribution in [0.25, 0.3) is 11.3 Å². The third kappa shape index (κ3) is 3.63. The van der Waals surface area contributed by atoms with Crippen molar-refractivity contribution in [2.45, 2.75) is 37.5 Å². The molecule has 3 aromatic rings. The van der Waals surface area contributed by atoms with Gasteiger partial charge in [-0.05, 0) is 43.9 Å². The molecule has 2 N–H and O–H groups in total. The highest BCUT2D eigenvalue weighted by molar-refractivity contribution is 5.95. The summed E-state index contributed by atoms with van der Waals surface area (Å²) in [5.41, 5.74) is 1.33. The molecule has 2 aromatic heterocycles. The summed E-state index contributed by atoms with van der Waals surface area (Å²) in [6, 6.07) is 4.93. The lowest BCUT2D eigenvalue weighted by atomic mass is 10.1. The number of nitrogens with one attached hydrogen (secondary N) is 1. The zero-order valence-electron chi connectivity index (χ0n) is 17.2. The molecule has 2 aliphatic carbocycles. The first-order chi connectivity index (χ1) is 15.5. The average molecular weight is 438 g/mol. The van der Waals surface area contributed by atoms with E-state index in [1.165, 1.54) is 31.6 Å². The van der Waals surface area contributed by atoms with Gasteiger partial charge >= 0.3 is 5.97 Å². The van der Waals surface area contributed by atoms with E-state index in [9.17, 15) is 18.7 Å². The predicted octanol–water partition coefficient (Wildman–Crippen LogP) is 5.02. The van der Waals surface area contributed by atoms with Crippen LogP contribution in [0.2, 0.25) is 0 Å². The van der Waals surface area contributed by atoms with Gasteiger partial charge < -0.3 is 15.2 Å². The van der Waals surface area contributed by atoms with Gasteiger partial charge in [0.25, 0.3) is 0 Å². The number of carboxylic acids is 1. The number of aromatic carboxylic acids is 1. The molecular formula is C23H20F2N4O3. The maximum Gasteiger partial charge on any atom is 0.339 e. The number of pyridine rings is 1. The Bertz CT molecular complexity index is 1200. The minimum absolute atomic E-state index is 0.0887. The molecule has 2 aliphatic rings. The number of halogens is 2. The molecule has 0 spiro atoms. The van der Waals surface area contributed by atoms with Gasteiger partial charge in [-0.2, -0.15) is 0 Å². The zero-order chi connectivity index (χ0) is 22.4. The molecule has 1 aromatic carbocycles. The smallest absolute Gasteiger partial charge is 0.339 e. The number of anilines is 2. The summed E-state index contributed by atoms with van der Waals surface area (Å²) in [6.45, 7) is 0. The van der Waals surface area contributed by atoms with Gasteiger partial charge in [-0.3, -0.25) is 0 Å². The third-order valence-corrected chi connectivity index (χ3v) is 5.72. The standard InChI is InChI=1S/C23H20F2N4O3/c1-32-16-4-2-3-14(24)17(16)20-15(25)9-13(23(30)31)22(28-20)29-21-18(11-5-6-11)26-10-27-19(21)12-7-8-12/h2-4,9-12H,5-8H2,1H3,(H,28,29)(H,30,31). The summed E-state index contributed by atoms with van der Waals surface area (Å²) in [7, 11) is 1.34. The Morgan fingerprint density at radius 2 is 1.75 bits per heavy atom. The second kappa shape index (κ2) is 7.81. The Labute approximate surface area is 182 Å². The van der Waals surface area contributed by atoms with Crippen LogP contribution in [-0.4, -0.2) is 33.1 Å². The van der Waals surface area contributed by atoms with Crippen molar-refractivity contribution in [3.8, 4) is 17.0 Å². The molecule has 0 radical (unpaired) electrons. The fraction of sp³-hybridized carbons (Fsp3) is 0.304. The van der Waals surface area contributed by atoms with E-state index in [4.69, 9.17) is 4.74 Å². The number of benzene rings is 1. The van der Waals surface area contributed by atoms with Crippen LogP contribution in [0.1, 0.15) is 59.3 Å². The number of methoxy groups -OCH3 is 1. The maximum atomic E-state index is 14.9. The Hall–Kier alpha value is -3.62. The van der Waals surface area contributed by atoms with E-state index < -0.39 is 17.6 Å². The molecule has 0 aliphatic heterocycles. The van der Waals surface area contributed by atoms with Crippen molar-refractivity contribution in [2.75, 3.05) is 12.4 Å². The van der Waals surface area contributed by atoms with E-state index in [-0.39, 0.29) is 40.2 Å². The number of nitrogens with zero attached hydrogens (tertiary/aromatic N) is 3. The van der Waals surface area contributed by atoms with Crippen LogP contribution >= 0.6 is 0 Å². The molecule has 0 bridgehead atoms. The quantitative estimate of drug-likeness (QED) is 0.534. The van der Waals surface area contributed by atoms with Crippen molar-refractivity contribution in [3.05, 3.63) is 59.2 Å². The second-order valence-corrected chi connectivity index (χ2v) is 8.03. The highest BCUT2D eigenvalue weighted by Crippen LogP contribution is 2.49. The Morgan fingerprint density at radius 1 is 1.09 bits per heavy atom. The molecule has 164 valence electrons. The van der Waals surface area contributed by atoms with Crippen molar-refractivity contribution in [2.24, 2.45) is 0 Å². The lowest BCUT2D eigenvalue weighted by Gasteiger charge is -2.17. The van der Waals surface area contributed by atoms with Crippen LogP contribution in [-0.2, 0) is 0 Å². The zero-order valence-corrected chi connectivity index (χ0v) is 17.2. The van der Waals surface area contributed by atoms with Crippen LogP contribution in [0, 0.1) is 11.6 Å². The monoisotopic (exact) mass is 438 g/mol. The molecule has 0 saturated heterocycles. The Kier molecular flexibility index (Phi) is 4.96. The fourth-order valence-corrected chi connectivity index (χ4v) is 3.82. The van der Waals surface area contributed by atoms with Crippen LogP contribution in [0.3, 0.4) is 0 Å². The fourth-order valence-electron chi connectivity index (χ4n) is 3.82.